The first-order chi connectivity index (χ1) is 7.24. The van der Waals surface area contributed by atoms with Crippen LogP contribution in [-0.4, -0.2) is 13.1 Å². The van der Waals surface area contributed by atoms with Crippen LogP contribution in [0.5, 0.6) is 0 Å². The van der Waals surface area contributed by atoms with E-state index in [0.29, 0.717) is 17.2 Å². The van der Waals surface area contributed by atoms with Gasteiger partial charge in [0.2, 0.25) is 0 Å². The van der Waals surface area contributed by atoms with Crippen LogP contribution < -0.4 is 4.90 Å². The molecular formula is C12H13FN2. The topological polar surface area (TPSA) is 27.0 Å². The second-order valence-corrected chi connectivity index (χ2v) is 3.96. The van der Waals surface area contributed by atoms with Crippen LogP contribution in [0, 0.1) is 23.1 Å². The lowest BCUT2D eigenvalue weighted by molar-refractivity contribution is 0.394. The van der Waals surface area contributed by atoms with E-state index in [9.17, 15) is 4.39 Å². The predicted molar refractivity (Wildman–Crippen MR) is 57.1 cm³/mol. The van der Waals surface area contributed by atoms with E-state index >= 15 is 0 Å². The lowest BCUT2D eigenvalue weighted by atomic mass is 9.96. The van der Waals surface area contributed by atoms with Crippen LogP contribution in [0.3, 0.4) is 0 Å². The Balaban J connectivity index is 2.14. The predicted octanol–water partition coefficient (Wildman–Crippen LogP) is 2.54. The van der Waals surface area contributed by atoms with Crippen LogP contribution in [0.25, 0.3) is 0 Å². The van der Waals surface area contributed by atoms with Gasteiger partial charge in [0.05, 0.1) is 17.3 Å². The normalized spacial score (nSPS) is 15.9. The molecule has 1 aromatic carbocycles. The number of nitrogens with zero attached hydrogens (tertiary/aromatic N) is 2. The van der Waals surface area contributed by atoms with E-state index in [2.05, 4.69) is 6.92 Å². The van der Waals surface area contributed by atoms with Crippen molar-refractivity contribution in [3.8, 4) is 6.07 Å². The molecule has 1 saturated heterocycles. The minimum absolute atomic E-state index is 0.288. The molecule has 1 aliphatic rings. The highest BCUT2D eigenvalue weighted by Crippen LogP contribution is 2.28. The maximum absolute atomic E-state index is 13.5. The molecule has 0 aliphatic carbocycles. The minimum Gasteiger partial charge on any atom is -0.368 e. The number of anilines is 1. The van der Waals surface area contributed by atoms with Gasteiger partial charge in [0.25, 0.3) is 0 Å². The van der Waals surface area contributed by atoms with Crippen molar-refractivity contribution in [1.82, 2.24) is 0 Å². The molecule has 1 aliphatic heterocycles. The monoisotopic (exact) mass is 204 g/mol. The van der Waals surface area contributed by atoms with E-state index in [1.54, 1.807) is 12.1 Å². The zero-order valence-corrected chi connectivity index (χ0v) is 8.70. The Kier molecular flexibility index (Phi) is 2.59. The number of rotatable bonds is 2. The quantitative estimate of drug-likeness (QED) is 0.740. The van der Waals surface area contributed by atoms with Crippen LogP contribution in [0.4, 0.5) is 10.1 Å². The Labute approximate surface area is 88.9 Å². The van der Waals surface area contributed by atoms with Crippen molar-refractivity contribution in [2.24, 2.45) is 5.92 Å². The van der Waals surface area contributed by atoms with E-state index in [4.69, 9.17) is 5.26 Å². The molecule has 0 bridgehead atoms. The van der Waals surface area contributed by atoms with E-state index in [-0.39, 0.29) is 5.82 Å². The Morgan fingerprint density at radius 1 is 1.53 bits per heavy atom. The zero-order valence-electron chi connectivity index (χ0n) is 8.70. The number of hydrogen-bond acceptors (Lipinski definition) is 2. The number of hydrogen-bond donors (Lipinski definition) is 0. The Hall–Kier alpha value is -1.56. The van der Waals surface area contributed by atoms with Gasteiger partial charge in [-0.3, -0.25) is 0 Å². The largest absolute Gasteiger partial charge is 0.368 e. The van der Waals surface area contributed by atoms with Gasteiger partial charge in [-0.25, -0.2) is 4.39 Å². The van der Waals surface area contributed by atoms with Crippen LogP contribution in [0.2, 0.25) is 0 Å². The summed E-state index contributed by atoms with van der Waals surface area (Å²) in [5.41, 5.74) is 1.00. The van der Waals surface area contributed by atoms with Gasteiger partial charge in [-0.05, 0) is 30.5 Å². The SMILES string of the molecule is CCC1CN(c2ccc(C#N)cc2F)C1. The summed E-state index contributed by atoms with van der Waals surface area (Å²) in [6, 6.07) is 6.59. The molecule has 0 atom stereocenters. The van der Waals surface area contributed by atoms with Gasteiger partial charge in [0.1, 0.15) is 5.82 Å². The fraction of sp³-hybridized carbons (Fsp3) is 0.417. The second-order valence-electron chi connectivity index (χ2n) is 3.96. The van der Waals surface area contributed by atoms with Crippen molar-refractivity contribution in [1.29, 1.82) is 5.26 Å². The highest BCUT2D eigenvalue weighted by Gasteiger charge is 2.26. The van der Waals surface area contributed by atoms with Crippen LogP contribution >= 0.6 is 0 Å². The van der Waals surface area contributed by atoms with Crippen LogP contribution in [0.15, 0.2) is 18.2 Å². The summed E-state index contributed by atoms with van der Waals surface area (Å²) in [5, 5.41) is 8.61. The number of nitriles is 1. The molecule has 1 fully saturated rings. The van der Waals surface area contributed by atoms with Crippen molar-refractivity contribution in [2.75, 3.05) is 18.0 Å². The van der Waals surface area contributed by atoms with Crippen molar-refractivity contribution >= 4 is 5.69 Å². The van der Waals surface area contributed by atoms with E-state index in [1.165, 1.54) is 6.07 Å². The van der Waals surface area contributed by atoms with Gasteiger partial charge in [-0.1, -0.05) is 6.92 Å². The van der Waals surface area contributed by atoms with Crippen molar-refractivity contribution in [2.45, 2.75) is 13.3 Å². The first kappa shape index (κ1) is 9.97. The standard InChI is InChI=1S/C12H13FN2/c1-2-9-7-15(8-9)12-4-3-10(6-14)5-11(12)13/h3-5,9H,2,7-8H2,1H3. The average Bonchev–Trinajstić information content (AvgIpc) is 2.18. The fourth-order valence-electron chi connectivity index (χ4n) is 1.86. The summed E-state index contributed by atoms with van der Waals surface area (Å²) in [4.78, 5) is 2.02. The molecule has 2 rings (SSSR count). The maximum atomic E-state index is 13.5. The van der Waals surface area contributed by atoms with Gasteiger partial charge in [-0.2, -0.15) is 5.26 Å². The number of benzene rings is 1. The number of halogens is 1. The fourth-order valence-corrected chi connectivity index (χ4v) is 1.86. The third-order valence-corrected chi connectivity index (χ3v) is 2.95. The van der Waals surface area contributed by atoms with E-state index in [0.717, 1.165) is 19.5 Å². The van der Waals surface area contributed by atoms with Gasteiger partial charge < -0.3 is 4.90 Å². The molecule has 0 radical (unpaired) electrons. The Bertz CT molecular complexity index is 403. The van der Waals surface area contributed by atoms with Crippen molar-refractivity contribution in [3.05, 3.63) is 29.6 Å². The van der Waals surface area contributed by atoms with Crippen LogP contribution in [0.1, 0.15) is 18.9 Å². The molecule has 0 spiro atoms. The summed E-state index contributed by atoms with van der Waals surface area (Å²) in [7, 11) is 0. The summed E-state index contributed by atoms with van der Waals surface area (Å²) in [5.74, 6) is 0.406. The second kappa shape index (κ2) is 3.90. The molecular weight excluding hydrogens is 191 g/mol. The molecule has 78 valence electrons. The first-order valence-corrected chi connectivity index (χ1v) is 5.19. The third-order valence-electron chi connectivity index (χ3n) is 2.95. The van der Waals surface area contributed by atoms with Crippen LogP contribution in [-0.2, 0) is 0 Å². The highest BCUT2D eigenvalue weighted by molar-refractivity contribution is 5.52. The highest BCUT2D eigenvalue weighted by atomic mass is 19.1. The van der Waals surface area contributed by atoms with Crippen molar-refractivity contribution in [3.63, 3.8) is 0 Å². The maximum Gasteiger partial charge on any atom is 0.147 e. The lowest BCUT2D eigenvalue weighted by Crippen LogP contribution is -2.46. The van der Waals surface area contributed by atoms with Crippen molar-refractivity contribution < 1.29 is 4.39 Å². The van der Waals surface area contributed by atoms with E-state index < -0.39 is 0 Å². The molecule has 0 saturated carbocycles. The van der Waals surface area contributed by atoms with Gasteiger partial charge in [-0.15, -0.1) is 0 Å². The Morgan fingerprint density at radius 3 is 2.80 bits per heavy atom. The first-order valence-electron chi connectivity index (χ1n) is 5.19. The minimum atomic E-state index is -0.288. The molecule has 15 heavy (non-hydrogen) atoms. The summed E-state index contributed by atoms with van der Waals surface area (Å²) in [6.07, 6.45) is 1.15. The zero-order chi connectivity index (χ0) is 10.8. The molecule has 0 amide bonds. The molecule has 2 nitrogen and oxygen atoms in total. The molecule has 1 aromatic rings. The third kappa shape index (κ3) is 1.80. The Morgan fingerprint density at radius 2 is 2.27 bits per heavy atom. The lowest BCUT2D eigenvalue weighted by Gasteiger charge is -2.40. The smallest absolute Gasteiger partial charge is 0.147 e. The van der Waals surface area contributed by atoms with E-state index in [1.807, 2.05) is 11.0 Å². The summed E-state index contributed by atoms with van der Waals surface area (Å²) >= 11 is 0. The van der Waals surface area contributed by atoms with Gasteiger partial charge >= 0.3 is 0 Å². The molecule has 0 aromatic heterocycles. The van der Waals surface area contributed by atoms with Gasteiger partial charge in [0.15, 0.2) is 0 Å². The summed E-state index contributed by atoms with van der Waals surface area (Å²) < 4.78 is 13.5. The molecule has 0 unspecified atom stereocenters. The van der Waals surface area contributed by atoms with Gasteiger partial charge in [0, 0.05) is 13.1 Å². The molecule has 0 N–H and O–H groups in total. The molecule has 3 heteroatoms. The molecule has 1 heterocycles. The summed E-state index contributed by atoms with van der Waals surface area (Å²) in [6.45, 7) is 4.01. The average molecular weight is 204 g/mol.